The van der Waals surface area contributed by atoms with Crippen LogP contribution in [0.1, 0.15) is 12.5 Å². The maximum atomic E-state index is 12.6. The number of carbonyl (C=O) groups excluding carboxylic acids is 1. The summed E-state index contributed by atoms with van der Waals surface area (Å²) in [5, 5.41) is 2.52. The Labute approximate surface area is 166 Å². The molecule has 0 spiro atoms. The predicted octanol–water partition coefficient (Wildman–Crippen LogP) is 3.02. The van der Waals surface area contributed by atoms with Gasteiger partial charge >= 0.3 is 6.18 Å². The van der Waals surface area contributed by atoms with E-state index in [1.54, 1.807) is 0 Å². The zero-order valence-corrected chi connectivity index (χ0v) is 16.0. The van der Waals surface area contributed by atoms with Crippen molar-refractivity contribution < 1.29 is 31.1 Å². The number of halogens is 3. The molecule has 10 heteroatoms. The van der Waals surface area contributed by atoms with E-state index in [-0.39, 0.29) is 29.7 Å². The highest BCUT2D eigenvalue weighted by molar-refractivity contribution is 7.89. The molecule has 2 N–H and O–H groups in total. The minimum Gasteiger partial charge on any atom is -0.481 e. The van der Waals surface area contributed by atoms with Gasteiger partial charge < -0.3 is 10.1 Å². The van der Waals surface area contributed by atoms with Crippen molar-refractivity contribution in [2.75, 3.05) is 18.5 Å². The van der Waals surface area contributed by atoms with Crippen LogP contribution >= 0.6 is 0 Å². The number of amides is 1. The second-order valence-corrected chi connectivity index (χ2v) is 7.46. The molecule has 29 heavy (non-hydrogen) atoms. The van der Waals surface area contributed by atoms with Gasteiger partial charge in [0.05, 0.1) is 17.0 Å². The van der Waals surface area contributed by atoms with Crippen molar-refractivity contribution in [3.8, 4) is 17.6 Å². The van der Waals surface area contributed by atoms with Crippen LogP contribution in [0.2, 0.25) is 0 Å². The topological polar surface area (TPSA) is 84.5 Å². The summed E-state index contributed by atoms with van der Waals surface area (Å²) in [6.07, 6.45) is -4.47. The number of rotatable bonds is 6. The SMILES string of the molecule is CC(=O)Nc1ccc(S(=O)(=O)NCC#CCOc2cccc(C(F)(F)F)c2)cc1. The lowest BCUT2D eigenvalue weighted by atomic mass is 10.2. The number of hydrogen-bond acceptors (Lipinski definition) is 4. The van der Waals surface area contributed by atoms with Crippen LogP contribution in [0.3, 0.4) is 0 Å². The fraction of sp³-hybridized carbons (Fsp3) is 0.211. The standard InChI is InChI=1S/C19H17F3N2O4S/c1-14(25)24-16-7-9-18(10-8-16)29(26,27)23-11-2-3-12-28-17-6-4-5-15(13-17)19(20,21)22/h4-10,13,23H,11-12H2,1H3,(H,24,25). The molecule has 0 aliphatic carbocycles. The van der Waals surface area contributed by atoms with Gasteiger partial charge in [-0.1, -0.05) is 17.9 Å². The third-order valence-electron chi connectivity index (χ3n) is 3.43. The van der Waals surface area contributed by atoms with Crippen LogP contribution in [0.5, 0.6) is 5.75 Å². The first kappa shape index (κ1) is 22.3. The second-order valence-electron chi connectivity index (χ2n) is 5.70. The van der Waals surface area contributed by atoms with Gasteiger partial charge in [-0.25, -0.2) is 8.42 Å². The largest absolute Gasteiger partial charge is 0.481 e. The molecule has 154 valence electrons. The van der Waals surface area contributed by atoms with Crippen LogP contribution in [0, 0.1) is 11.8 Å². The lowest BCUT2D eigenvalue weighted by Crippen LogP contribution is -2.24. The monoisotopic (exact) mass is 426 g/mol. The molecule has 0 fully saturated rings. The van der Waals surface area contributed by atoms with Crippen molar-refractivity contribution in [2.45, 2.75) is 18.0 Å². The number of nitrogens with one attached hydrogen (secondary N) is 2. The van der Waals surface area contributed by atoms with Gasteiger partial charge in [0.2, 0.25) is 15.9 Å². The van der Waals surface area contributed by atoms with E-state index in [0.29, 0.717) is 5.69 Å². The summed E-state index contributed by atoms with van der Waals surface area (Å²) in [6.45, 7) is 0.928. The van der Waals surface area contributed by atoms with Crippen molar-refractivity contribution in [3.05, 3.63) is 54.1 Å². The number of carbonyl (C=O) groups is 1. The first-order chi connectivity index (χ1) is 13.6. The normalized spacial score (nSPS) is 11.3. The van der Waals surface area contributed by atoms with E-state index in [9.17, 15) is 26.4 Å². The van der Waals surface area contributed by atoms with Crippen LogP contribution in [0.15, 0.2) is 53.4 Å². The number of alkyl halides is 3. The highest BCUT2D eigenvalue weighted by Gasteiger charge is 2.30. The Bertz CT molecular complexity index is 1020. The van der Waals surface area contributed by atoms with E-state index in [1.165, 1.54) is 43.3 Å². The van der Waals surface area contributed by atoms with Crippen molar-refractivity contribution in [3.63, 3.8) is 0 Å². The summed E-state index contributed by atoms with van der Waals surface area (Å²) < 4.78 is 69.5. The summed E-state index contributed by atoms with van der Waals surface area (Å²) in [6, 6.07) is 9.93. The summed E-state index contributed by atoms with van der Waals surface area (Å²) in [7, 11) is -3.80. The quantitative estimate of drug-likeness (QED) is 0.696. The minimum absolute atomic E-state index is 0.00591. The molecule has 0 unspecified atom stereocenters. The highest BCUT2D eigenvalue weighted by atomic mass is 32.2. The van der Waals surface area contributed by atoms with Crippen molar-refractivity contribution in [1.29, 1.82) is 0 Å². The highest BCUT2D eigenvalue weighted by Crippen LogP contribution is 2.31. The Morgan fingerprint density at radius 2 is 1.79 bits per heavy atom. The average Bonchev–Trinajstić information content (AvgIpc) is 2.64. The Morgan fingerprint density at radius 1 is 1.10 bits per heavy atom. The van der Waals surface area contributed by atoms with Crippen LogP contribution in [0.4, 0.5) is 18.9 Å². The average molecular weight is 426 g/mol. The smallest absolute Gasteiger partial charge is 0.416 e. The maximum Gasteiger partial charge on any atom is 0.416 e. The Hall–Kier alpha value is -3.03. The molecule has 2 aromatic rings. The van der Waals surface area contributed by atoms with E-state index < -0.39 is 21.8 Å². The number of ether oxygens (including phenoxy) is 1. The van der Waals surface area contributed by atoms with E-state index in [1.807, 2.05) is 0 Å². The predicted molar refractivity (Wildman–Crippen MR) is 101 cm³/mol. The number of anilines is 1. The molecule has 2 aromatic carbocycles. The van der Waals surface area contributed by atoms with Crippen LogP contribution in [0.25, 0.3) is 0 Å². The third kappa shape index (κ3) is 7.14. The number of sulfonamides is 1. The van der Waals surface area contributed by atoms with Gasteiger partial charge in [0.1, 0.15) is 12.4 Å². The Balaban J connectivity index is 1.86. The summed E-state index contributed by atoms with van der Waals surface area (Å²) in [5.74, 6) is 4.77. The van der Waals surface area contributed by atoms with Gasteiger partial charge in [-0.3, -0.25) is 4.79 Å². The summed E-state index contributed by atoms with van der Waals surface area (Å²) >= 11 is 0. The van der Waals surface area contributed by atoms with Gasteiger partial charge in [-0.05, 0) is 42.5 Å². The fourth-order valence-corrected chi connectivity index (χ4v) is 3.05. The van der Waals surface area contributed by atoms with Crippen LogP contribution in [-0.4, -0.2) is 27.5 Å². The molecule has 0 bridgehead atoms. The minimum atomic E-state index is -4.47. The molecule has 6 nitrogen and oxygen atoms in total. The molecule has 0 aliphatic rings. The molecule has 1 amide bonds. The lowest BCUT2D eigenvalue weighted by Gasteiger charge is -2.08. The summed E-state index contributed by atoms with van der Waals surface area (Å²) in [5.41, 5.74) is -0.372. The van der Waals surface area contributed by atoms with Gasteiger partial charge in [-0.2, -0.15) is 17.9 Å². The third-order valence-corrected chi connectivity index (χ3v) is 4.85. The fourth-order valence-electron chi connectivity index (χ4n) is 2.13. The Kier molecular flexibility index (Phi) is 7.25. The van der Waals surface area contributed by atoms with E-state index in [4.69, 9.17) is 4.74 Å². The van der Waals surface area contributed by atoms with Gasteiger partial charge in [-0.15, -0.1) is 0 Å². The van der Waals surface area contributed by atoms with Crippen molar-refractivity contribution in [2.24, 2.45) is 0 Å². The van der Waals surface area contributed by atoms with Gasteiger partial charge in [0, 0.05) is 12.6 Å². The molecule has 0 aromatic heterocycles. The van der Waals surface area contributed by atoms with Gasteiger partial charge in [0.25, 0.3) is 0 Å². The zero-order chi connectivity index (χ0) is 21.5. The maximum absolute atomic E-state index is 12.6. The van der Waals surface area contributed by atoms with Crippen LogP contribution in [-0.2, 0) is 21.0 Å². The first-order valence-electron chi connectivity index (χ1n) is 8.21. The second kappa shape index (κ2) is 9.45. The first-order valence-corrected chi connectivity index (χ1v) is 9.69. The molecule has 0 radical (unpaired) electrons. The van der Waals surface area contributed by atoms with E-state index in [2.05, 4.69) is 21.9 Å². The molecule has 0 heterocycles. The van der Waals surface area contributed by atoms with Crippen molar-refractivity contribution in [1.82, 2.24) is 4.72 Å². The number of benzene rings is 2. The van der Waals surface area contributed by atoms with Gasteiger partial charge in [0.15, 0.2) is 0 Å². The van der Waals surface area contributed by atoms with E-state index in [0.717, 1.165) is 12.1 Å². The molecule has 2 rings (SSSR count). The molecule has 0 atom stereocenters. The molecular weight excluding hydrogens is 409 g/mol. The van der Waals surface area contributed by atoms with Crippen LogP contribution < -0.4 is 14.8 Å². The molecule has 0 aliphatic heterocycles. The lowest BCUT2D eigenvalue weighted by molar-refractivity contribution is -0.137. The molecule has 0 saturated carbocycles. The summed E-state index contributed by atoms with van der Waals surface area (Å²) in [4.78, 5) is 11.0. The Morgan fingerprint density at radius 3 is 2.41 bits per heavy atom. The number of hydrogen-bond donors (Lipinski definition) is 2. The van der Waals surface area contributed by atoms with Crippen molar-refractivity contribution >= 4 is 21.6 Å². The zero-order valence-electron chi connectivity index (χ0n) is 15.2. The molecular formula is C19H17F3N2O4S. The molecule has 0 saturated heterocycles. The van der Waals surface area contributed by atoms with E-state index >= 15 is 0 Å².